The fourth-order valence-electron chi connectivity index (χ4n) is 2.71. The van der Waals surface area contributed by atoms with Gasteiger partial charge in [0.1, 0.15) is 6.04 Å². The number of carbonyl (C=O) groups excluding carboxylic acids is 1. The third kappa shape index (κ3) is 3.61. The van der Waals surface area contributed by atoms with Gasteiger partial charge in [0.15, 0.2) is 0 Å². The number of likely N-dealkylation sites (N-methyl/N-ethyl adjacent to an activating group) is 1. The summed E-state index contributed by atoms with van der Waals surface area (Å²) in [6.45, 7) is 1.86. The molecule has 1 atom stereocenters. The summed E-state index contributed by atoms with van der Waals surface area (Å²) in [5, 5.41) is 14.1. The molecule has 0 aliphatic rings. The molecule has 0 spiro atoms. The minimum Gasteiger partial charge on any atom is -0.363 e. The average molecular weight is 329 g/mol. The Balaban J connectivity index is 1.77. The summed E-state index contributed by atoms with van der Waals surface area (Å²) in [7, 11) is 1.90. The molecule has 4 nitrogen and oxygen atoms in total. The van der Waals surface area contributed by atoms with Crippen LogP contribution in [0, 0.1) is 11.3 Å². The molecule has 0 fully saturated rings. The van der Waals surface area contributed by atoms with Gasteiger partial charge in [-0.25, -0.2) is 0 Å². The number of carbonyl (C=O) groups is 1. The smallest absolute Gasteiger partial charge is 0.246 e. The third-order valence-electron chi connectivity index (χ3n) is 4.36. The Morgan fingerprint density at radius 3 is 2.56 bits per heavy atom. The van der Waals surface area contributed by atoms with Crippen LogP contribution in [0.4, 0.5) is 11.4 Å². The number of nitrogens with one attached hydrogen (secondary N) is 1. The second-order valence-electron chi connectivity index (χ2n) is 6.00. The quantitative estimate of drug-likeness (QED) is 0.781. The van der Waals surface area contributed by atoms with Crippen LogP contribution in [0.2, 0.25) is 0 Å². The van der Waals surface area contributed by atoms with Crippen molar-refractivity contribution in [1.82, 2.24) is 0 Å². The highest BCUT2D eigenvalue weighted by molar-refractivity contribution is 5.97. The van der Waals surface area contributed by atoms with E-state index in [1.54, 1.807) is 24.3 Å². The van der Waals surface area contributed by atoms with Crippen molar-refractivity contribution in [3.63, 3.8) is 0 Å². The van der Waals surface area contributed by atoms with E-state index in [9.17, 15) is 4.79 Å². The first-order valence-electron chi connectivity index (χ1n) is 8.11. The molecule has 0 radical (unpaired) electrons. The maximum Gasteiger partial charge on any atom is 0.246 e. The predicted molar refractivity (Wildman–Crippen MR) is 102 cm³/mol. The molecular formula is C21H19N3O. The standard InChI is InChI=1S/C21H19N3O/c1-15(21(25)23-19-9-5-6-16(12-19)14-22)24(2)20-11-10-17-7-3-4-8-18(17)13-20/h3-13,15H,1-2H3,(H,23,25). The van der Waals surface area contributed by atoms with E-state index in [1.807, 2.05) is 37.1 Å². The van der Waals surface area contributed by atoms with Crippen molar-refractivity contribution in [1.29, 1.82) is 5.26 Å². The van der Waals surface area contributed by atoms with Gasteiger partial charge in [0.2, 0.25) is 5.91 Å². The molecule has 3 aromatic carbocycles. The minimum atomic E-state index is -0.355. The molecule has 1 N–H and O–H groups in total. The lowest BCUT2D eigenvalue weighted by molar-refractivity contribution is -0.117. The van der Waals surface area contributed by atoms with Gasteiger partial charge in [-0.2, -0.15) is 5.26 Å². The van der Waals surface area contributed by atoms with Crippen molar-refractivity contribution < 1.29 is 4.79 Å². The van der Waals surface area contributed by atoms with Crippen LogP contribution in [-0.4, -0.2) is 19.0 Å². The summed E-state index contributed by atoms with van der Waals surface area (Å²) in [4.78, 5) is 14.5. The molecule has 3 aromatic rings. The van der Waals surface area contributed by atoms with Crippen LogP contribution >= 0.6 is 0 Å². The maximum atomic E-state index is 12.6. The van der Waals surface area contributed by atoms with Crippen molar-refractivity contribution in [3.8, 4) is 6.07 Å². The zero-order chi connectivity index (χ0) is 17.8. The molecule has 1 amide bonds. The Bertz CT molecular complexity index is 959. The highest BCUT2D eigenvalue weighted by atomic mass is 16.2. The number of benzene rings is 3. The first kappa shape index (κ1) is 16.5. The molecule has 25 heavy (non-hydrogen) atoms. The van der Waals surface area contributed by atoms with Crippen molar-refractivity contribution in [2.75, 3.05) is 17.3 Å². The molecule has 0 heterocycles. The molecule has 0 saturated carbocycles. The van der Waals surface area contributed by atoms with Gasteiger partial charge in [0, 0.05) is 18.4 Å². The van der Waals surface area contributed by atoms with E-state index in [0.29, 0.717) is 11.3 Å². The molecular weight excluding hydrogens is 310 g/mol. The number of hydrogen-bond acceptors (Lipinski definition) is 3. The number of amides is 1. The number of nitrogens with zero attached hydrogens (tertiary/aromatic N) is 2. The summed E-state index contributed by atoms with van der Waals surface area (Å²) in [6, 6.07) is 22.9. The van der Waals surface area contributed by atoms with Crippen LogP contribution in [0.5, 0.6) is 0 Å². The maximum absolute atomic E-state index is 12.6. The van der Waals surface area contributed by atoms with Crippen LogP contribution < -0.4 is 10.2 Å². The Morgan fingerprint density at radius 2 is 1.80 bits per heavy atom. The summed E-state index contributed by atoms with van der Waals surface area (Å²) >= 11 is 0. The molecule has 0 aromatic heterocycles. The van der Waals surface area contributed by atoms with E-state index < -0.39 is 0 Å². The van der Waals surface area contributed by atoms with Gasteiger partial charge in [-0.15, -0.1) is 0 Å². The Kier molecular flexibility index (Phi) is 4.67. The van der Waals surface area contributed by atoms with Crippen LogP contribution in [0.25, 0.3) is 10.8 Å². The van der Waals surface area contributed by atoms with Gasteiger partial charge >= 0.3 is 0 Å². The van der Waals surface area contributed by atoms with Crippen LogP contribution in [0.15, 0.2) is 66.7 Å². The lowest BCUT2D eigenvalue weighted by Crippen LogP contribution is -2.39. The summed E-state index contributed by atoms with van der Waals surface area (Å²) < 4.78 is 0. The van der Waals surface area contributed by atoms with Gasteiger partial charge in [0.25, 0.3) is 0 Å². The molecule has 1 unspecified atom stereocenters. The van der Waals surface area contributed by atoms with E-state index in [2.05, 4.69) is 35.7 Å². The zero-order valence-electron chi connectivity index (χ0n) is 14.2. The van der Waals surface area contributed by atoms with Gasteiger partial charge < -0.3 is 10.2 Å². The van der Waals surface area contributed by atoms with E-state index in [0.717, 1.165) is 11.1 Å². The number of anilines is 2. The lowest BCUT2D eigenvalue weighted by Gasteiger charge is -2.26. The molecule has 0 aliphatic heterocycles. The summed E-state index contributed by atoms with van der Waals surface area (Å²) in [5.74, 6) is -0.120. The topological polar surface area (TPSA) is 56.1 Å². The van der Waals surface area contributed by atoms with E-state index in [-0.39, 0.29) is 11.9 Å². The zero-order valence-corrected chi connectivity index (χ0v) is 14.2. The van der Waals surface area contributed by atoms with Crippen molar-refractivity contribution in [2.24, 2.45) is 0 Å². The summed E-state index contributed by atoms with van der Waals surface area (Å²) in [6.07, 6.45) is 0. The number of rotatable bonds is 4. The average Bonchev–Trinajstić information content (AvgIpc) is 2.66. The van der Waals surface area contributed by atoms with Gasteiger partial charge in [-0.05, 0) is 48.0 Å². The first-order valence-corrected chi connectivity index (χ1v) is 8.11. The molecule has 0 aliphatic carbocycles. The van der Waals surface area contributed by atoms with Gasteiger partial charge in [-0.1, -0.05) is 36.4 Å². The van der Waals surface area contributed by atoms with E-state index >= 15 is 0 Å². The highest BCUT2D eigenvalue weighted by Gasteiger charge is 2.19. The highest BCUT2D eigenvalue weighted by Crippen LogP contribution is 2.23. The van der Waals surface area contributed by atoms with Crippen molar-refractivity contribution in [2.45, 2.75) is 13.0 Å². The second-order valence-corrected chi connectivity index (χ2v) is 6.00. The van der Waals surface area contributed by atoms with E-state index in [4.69, 9.17) is 5.26 Å². The Hall–Kier alpha value is -3.32. The fraction of sp³-hybridized carbons (Fsp3) is 0.143. The van der Waals surface area contributed by atoms with Crippen molar-refractivity contribution >= 4 is 28.1 Å². The Morgan fingerprint density at radius 1 is 1.04 bits per heavy atom. The molecule has 124 valence electrons. The number of hydrogen-bond donors (Lipinski definition) is 1. The van der Waals surface area contributed by atoms with E-state index in [1.165, 1.54) is 5.39 Å². The first-order chi connectivity index (χ1) is 12.1. The molecule has 4 heteroatoms. The van der Waals surface area contributed by atoms with Crippen LogP contribution in [0.1, 0.15) is 12.5 Å². The van der Waals surface area contributed by atoms with Crippen LogP contribution in [-0.2, 0) is 4.79 Å². The largest absolute Gasteiger partial charge is 0.363 e. The fourth-order valence-corrected chi connectivity index (χ4v) is 2.71. The molecule has 3 rings (SSSR count). The van der Waals surface area contributed by atoms with Gasteiger partial charge in [-0.3, -0.25) is 4.79 Å². The second kappa shape index (κ2) is 7.06. The minimum absolute atomic E-state index is 0.120. The number of fused-ring (bicyclic) bond motifs is 1. The monoisotopic (exact) mass is 329 g/mol. The normalized spacial score (nSPS) is 11.6. The lowest BCUT2D eigenvalue weighted by atomic mass is 10.1. The van der Waals surface area contributed by atoms with Gasteiger partial charge in [0.05, 0.1) is 11.6 Å². The number of nitriles is 1. The molecule has 0 saturated heterocycles. The predicted octanol–water partition coefficient (Wildman–Crippen LogP) is 4.17. The van der Waals surface area contributed by atoms with Crippen LogP contribution in [0.3, 0.4) is 0 Å². The SMILES string of the molecule is CC(C(=O)Nc1cccc(C#N)c1)N(C)c1ccc2ccccc2c1. The van der Waals surface area contributed by atoms with Crippen molar-refractivity contribution in [3.05, 3.63) is 72.3 Å². The third-order valence-corrected chi connectivity index (χ3v) is 4.36. The summed E-state index contributed by atoms with van der Waals surface area (Å²) in [5.41, 5.74) is 2.13. The Labute approximate surface area is 147 Å². The molecule has 0 bridgehead atoms.